The first kappa shape index (κ1) is 16.8. The highest BCUT2D eigenvalue weighted by Gasteiger charge is 2.21. The monoisotopic (exact) mass is 338 g/mol. The molecular formula is C19H22N4O2. The van der Waals surface area contributed by atoms with Crippen molar-refractivity contribution in [3.63, 3.8) is 0 Å². The van der Waals surface area contributed by atoms with Crippen LogP contribution in [-0.2, 0) is 0 Å². The molecule has 1 aliphatic rings. The van der Waals surface area contributed by atoms with E-state index in [1.807, 2.05) is 30.3 Å². The number of nitrogens with one attached hydrogen (secondary N) is 3. The van der Waals surface area contributed by atoms with E-state index in [1.54, 1.807) is 17.0 Å². The average molecular weight is 338 g/mol. The van der Waals surface area contributed by atoms with Gasteiger partial charge in [0.2, 0.25) is 0 Å². The Morgan fingerprint density at radius 1 is 1.20 bits per heavy atom. The van der Waals surface area contributed by atoms with Gasteiger partial charge in [-0.3, -0.25) is 4.90 Å². The minimum absolute atomic E-state index is 0.113. The van der Waals surface area contributed by atoms with Gasteiger partial charge in [0.1, 0.15) is 0 Å². The third-order valence-corrected chi connectivity index (χ3v) is 4.21. The maximum atomic E-state index is 12.1. The molecule has 2 aromatic rings. The summed E-state index contributed by atoms with van der Waals surface area (Å²) in [5, 5.41) is 8.47. The summed E-state index contributed by atoms with van der Waals surface area (Å²) in [6, 6.07) is 17.0. The molecule has 1 saturated heterocycles. The normalized spacial score (nSPS) is 14.8. The van der Waals surface area contributed by atoms with E-state index in [0.717, 1.165) is 5.69 Å². The van der Waals surface area contributed by atoms with E-state index in [4.69, 9.17) is 0 Å². The van der Waals surface area contributed by atoms with Crippen LogP contribution in [0, 0.1) is 0 Å². The molecule has 6 heteroatoms. The molecule has 3 rings (SSSR count). The number of urea groups is 2. The molecule has 4 amide bonds. The maximum absolute atomic E-state index is 12.1. The number of hydrogen-bond acceptors (Lipinski definition) is 2. The van der Waals surface area contributed by atoms with Crippen LogP contribution in [-0.4, -0.2) is 31.7 Å². The molecule has 1 fully saturated rings. The molecule has 0 saturated carbocycles. The van der Waals surface area contributed by atoms with Gasteiger partial charge in [-0.25, -0.2) is 9.59 Å². The molecule has 6 nitrogen and oxygen atoms in total. The van der Waals surface area contributed by atoms with Crippen molar-refractivity contribution in [1.82, 2.24) is 10.6 Å². The number of carbonyl (C=O) groups excluding carboxylic acids is 2. The van der Waals surface area contributed by atoms with Crippen LogP contribution in [0.1, 0.15) is 18.4 Å². The summed E-state index contributed by atoms with van der Waals surface area (Å²) in [6.07, 6.45) is 0. The van der Waals surface area contributed by atoms with Gasteiger partial charge in [0.15, 0.2) is 0 Å². The molecule has 0 spiro atoms. The van der Waals surface area contributed by atoms with Crippen molar-refractivity contribution in [2.24, 2.45) is 0 Å². The van der Waals surface area contributed by atoms with Crippen molar-refractivity contribution in [2.75, 3.05) is 29.9 Å². The lowest BCUT2D eigenvalue weighted by Crippen LogP contribution is -2.32. The number of rotatable bonds is 5. The van der Waals surface area contributed by atoms with Gasteiger partial charge in [-0.1, -0.05) is 43.3 Å². The molecule has 1 heterocycles. The topological polar surface area (TPSA) is 73.5 Å². The number of amides is 4. The first-order valence-electron chi connectivity index (χ1n) is 8.39. The molecule has 1 aliphatic heterocycles. The van der Waals surface area contributed by atoms with E-state index in [0.29, 0.717) is 25.3 Å². The Morgan fingerprint density at radius 2 is 2.00 bits per heavy atom. The zero-order chi connectivity index (χ0) is 17.6. The van der Waals surface area contributed by atoms with Crippen molar-refractivity contribution in [1.29, 1.82) is 0 Å². The fraction of sp³-hybridized carbons (Fsp3) is 0.263. The van der Waals surface area contributed by atoms with E-state index in [-0.39, 0.29) is 18.0 Å². The van der Waals surface area contributed by atoms with E-state index >= 15 is 0 Å². The summed E-state index contributed by atoms with van der Waals surface area (Å²) in [6.45, 7) is 3.88. The third kappa shape index (κ3) is 4.29. The predicted octanol–water partition coefficient (Wildman–Crippen LogP) is 3.14. The quantitative estimate of drug-likeness (QED) is 0.783. The van der Waals surface area contributed by atoms with Crippen LogP contribution in [0.15, 0.2) is 54.6 Å². The highest BCUT2D eigenvalue weighted by Crippen LogP contribution is 2.21. The summed E-state index contributed by atoms with van der Waals surface area (Å²) in [7, 11) is 0. The molecule has 25 heavy (non-hydrogen) atoms. The van der Waals surface area contributed by atoms with Gasteiger partial charge < -0.3 is 16.0 Å². The Morgan fingerprint density at radius 3 is 2.72 bits per heavy atom. The highest BCUT2D eigenvalue weighted by atomic mass is 16.2. The van der Waals surface area contributed by atoms with Gasteiger partial charge in [-0.2, -0.15) is 0 Å². The molecule has 0 aliphatic carbocycles. The van der Waals surface area contributed by atoms with Crippen molar-refractivity contribution in [3.05, 3.63) is 60.2 Å². The molecule has 3 N–H and O–H groups in total. The Hall–Kier alpha value is -3.02. The molecule has 1 atom stereocenters. The van der Waals surface area contributed by atoms with E-state index in [1.165, 1.54) is 5.56 Å². The lowest BCUT2D eigenvalue weighted by molar-refractivity contribution is 0.251. The van der Waals surface area contributed by atoms with Gasteiger partial charge in [0.05, 0.1) is 0 Å². The van der Waals surface area contributed by atoms with Gasteiger partial charge in [-0.15, -0.1) is 0 Å². The number of carbonyl (C=O) groups is 2. The van der Waals surface area contributed by atoms with Gasteiger partial charge in [-0.05, 0) is 29.7 Å². The van der Waals surface area contributed by atoms with Crippen LogP contribution < -0.4 is 20.9 Å². The fourth-order valence-electron chi connectivity index (χ4n) is 2.79. The lowest BCUT2D eigenvalue weighted by Gasteiger charge is -2.16. The summed E-state index contributed by atoms with van der Waals surface area (Å²) >= 11 is 0. The van der Waals surface area contributed by atoms with Crippen molar-refractivity contribution >= 4 is 23.4 Å². The second-order valence-corrected chi connectivity index (χ2v) is 6.08. The predicted molar refractivity (Wildman–Crippen MR) is 99.1 cm³/mol. The van der Waals surface area contributed by atoms with Crippen LogP contribution in [0.3, 0.4) is 0 Å². The lowest BCUT2D eigenvalue weighted by atomic mass is 10.0. The average Bonchev–Trinajstić information content (AvgIpc) is 3.06. The largest absolute Gasteiger partial charge is 0.337 e. The molecule has 0 bridgehead atoms. The number of anilines is 2. The minimum atomic E-state index is -0.259. The Kier molecular flexibility index (Phi) is 5.18. The number of nitrogens with zero attached hydrogens (tertiary/aromatic N) is 1. The molecule has 2 aromatic carbocycles. The molecule has 130 valence electrons. The van der Waals surface area contributed by atoms with Crippen LogP contribution in [0.25, 0.3) is 0 Å². The van der Waals surface area contributed by atoms with Crippen LogP contribution in [0.2, 0.25) is 0 Å². The summed E-state index contributed by atoms with van der Waals surface area (Å²) in [5.74, 6) is 0.228. The van der Waals surface area contributed by atoms with E-state index in [9.17, 15) is 9.59 Å². The Bertz CT molecular complexity index is 748. The summed E-state index contributed by atoms with van der Waals surface area (Å²) in [5.41, 5.74) is 2.61. The highest BCUT2D eigenvalue weighted by molar-refractivity contribution is 5.95. The van der Waals surface area contributed by atoms with Crippen LogP contribution in [0.5, 0.6) is 0 Å². The molecule has 1 unspecified atom stereocenters. The first-order valence-corrected chi connectivity index (χ1v) is 8.39. The SMILES string of the molecule is CC(CNC(=O)Nc1cccc(N2CCNC2=O)c1)c1ccccc1. The zero-order valence-corrected chi connectivity index (χ0v) is 14.2. The number of hydrogen-bond donors (Lipinski definition) is 3. The Balaban J connectivity index is 1.55. The second-order valence-electron chi connectivity index (χ2n) is 6.08. The minimum Gasteiger partial charge on any atom is -0.337 e. The molecule has 0 radical (unpaired) electrons. The molecule has 0 aromatic heterocycles. The number of benzene rings is 2. The van der Waals surface area contributed by atoms with Crippen molar-refractivity contribution < 1.29 is 9.59 Å². The van der Waals surface area contributed by atoms with E-state index in [2.05, 4.69) is 35.0 Å². The van der Waals surface area contributed by atoms with Crippen molar-refractivity contribution in [2.45, 2.75) is 12.8 Å². The first-order chi connectivity index (χ1) is 12.1. The molecular weight excluding hydrogens is 316 g/mol. The zero-order valence-electron chi connectivity index (χ0n) is 14.2. The second kappa shape index (κ2) is 7.70. The smallest absolute Gasteiger partial charge is 0.321 e. The third-order valence-electron chi connectivity index (χ3n) is 4.21. The van der Waals surface area contributed by atoms with Gasteiger partial charge >= 0.3 is 12.1 Å². The van der Waals surface area contributed by atoms with Gasteiger partial charge in [0.25, 0.3) is 0 Å². The summed E-state index contributed by atoms with van der Waals surface area (Å²) < 4.78 is 0. The summed E-state index contributed by atoms with van der Waals surface area (Å²) in [4.78, 5) is 25.5. The maximum Gasteiger partial charge on any atom is 0.321 e. The van der Waals surface area contributed by atoms with Crippen molar-refractivity contribution in [3.8, 4) is 0 Å². The van der Waals surface area contributed by atoms with Gasteiger partial charge in [0, 0.05) is 31.0 Å². The van der Waals surface area contributed by atoms with Crippen LogP contribution in [0.4, 0.5) is 21.0 Å². The van der Waals surface area contributed by atoms with Crippen LogP contribution >= 0.6 is 0 Å². The fourth-order valence-corrected chi connectivity index (χ4v) is 2.79. The standard InChI is InChI=1S/C19H22N4O2/c1-14(15-6-3-2-4-7-15)13-21-18(24)22-16-8-5-9-17(12-16)23-11-10-20-19(23)25/h2-9,12,14H,10-11,13H2,1H3,(H,20,25)(H2,21,22,24). The Labute approximate surface area is 147 Å². The van der Waals surface area contributed by atoms with E-state index < -0.39 is 0 Å².